The molecule has 0 aliphatic rings. The van der Waals surface area contributed by atoms with Gasteiger partial charge in [0.2, 0.25) is 0 Å². The fourth-order valence-corrected chi connectivity index (χ4v) is 2.29. The van der Waals surface area contributed by atoms with Crippen LogP contribution in [0.1, 0.15) is 31.3 Å². The van der Waals surface area contributed by atoms with Crippen molar-refractivity contribution in [3.05, 3.63) is 40.3 Å². The topological polar surface area (TPSA) is 44.1 Å². The van der Waals surface area contributed by atoms with Gasteiger partial charge in [0.05, 0.1) is 11.6 Å². The van der Waals surface area contributed by atoms with E-state index in [4.69, 9.17) is 4.74 Å². The molecule has 2 rings (SSSR count). The van der Waals surface area contributed by atoms with Crippen LogP contribution in [0.4, 0.5) is 0 Å². The Labute approximate surface area is 129 Å². The Kier molecular flexibility index (Phi) is 5.33. The van der Waals surface area contributed by atoms with Crippen LogP contribution in [-0.4, -0.2) is 15.7 Å². The van der Waals surface area contributed by atoms with Crippen molar-refractivity contribution in [3.63, 3.8) is 0 Å². The summed E-state index contributed by atoms with van der Waals surface area (Å²) in [7, 11) is 0. The zero-order valence-electron chi connectivity index (χ0n) is 12.5. The van der Waals surface area contributed by atoms with E-state index in [-0.39, 0.29) is 24.5 Å². The van der Waals surface area contributed by atoms with Gasteiger partial charge in [-0.15, -0.1) is 11.3 Å². The summed E-state index contributed by atoms with van der Waals surface area (Å²) in [5, 5.41) is 6.22. The molecule has 0 aliphatic carbocycles. The standard InChI is InChI=1S/C16H20N2O2S/c1-12(2)13(3)16(19)20-11-18-14(8-9-17-18)6-7-15-5-4-10-21-15/h4-10,12-13H,11H2,1-3H3/b7-6+/t13-/m0/s1. The van der Waals surface area contributed by atoms with Gasteiger partial charge in [-0.2, -0.15) is 5.10 Å². The molecule has 0 fully saturated rings. The number of nitrogens with zero attached hydrogens (tertiary/aromatic N) is 2. The van der Waals surface area contributed by atoms with Gasteiger partial charge < -0.3 is 4.74 Å². The lowest BCUT2D eigenvalue weighted by molar-refractivity contribution is -0.153. The molecule has 0 radical (unpaired) electrons. The summed E-state index contributed by atoms with van der Waals surface area (Å²) in [5.41, 5.74) is 0.911. The Balaban J connectivity index is 1.96. The van der Waals surface area contributed by atoms with Gasteiger partial charge in [-0.05, 0) is 35.6 Å². The minimum absolute atomic E-state index is 0.106. The van der Waals surface area contributed by atoms with E-state index in [2.05, 4.69) is 5.10 Å². The molecular weight excluding hydrogens is 284 g/mol. The summed E-state index contributed by atoms with van der Waals surface area (Å²) in [4.78, 5) is 13.0. The predicted octanol–water partition coefficient (Wildman–Crippen LogP) is 3.91. The maximum absolute atomic E-state index is 11.9. The van der Waals surface area contributed by atoms with Crippen LogP contribution in [0.5, 0.6) is 0 Å². The Morgan fingerprint density at radius 2 is 2.19 bits per heavy atom. The SMILES string of the molecule is CC(C)[C@H](C)C(=O)OCn1nccc1/C=C/c1cccs1. The highest BCUT2D eigenvalue weighted by atomic mass is 32.1. The summed E-state index contributed by atoms with van der Waals surface area (Å²) in [6.45, 7) is 6.05. The third-order valence-corrected chi connectivity index (χ3v) is 4.25. The quantitative estimate of drug-likeness (QED) is 0.760. The first-order chi connectivity index (χ1) is 10.1. The van der Waals surface area contributed by atoms with Crippen molar-refractivity contribution in [3.8, 4) is 0 Å². The van der Waals surface area contributed by atoms with Crippen LogP contribution in [0.25, 0.3) is 12.2 Å². The van der Waals surface area contributed by atoms with Crippen molar-refractivity contribution in [1.29, 1.82) is 0 Å². The van der Waals surface area contributed by atoms with Crippen LogP contribution < -0.4 is 0 Å². The van der Waals surface area contributed by atoms with Crippen molar-refractivity contribution >= 4 is 29.5 Å². The fraction of sp³-hybridized carbons (Fsp3) is 0.375. The molecule has 0 saturated heterocycles. The van der Waals surface area contributed by atoms with E-state index in [1.807, 2.05) is 56.5 Å². The molecule has 2 aromatic rings. The highest BCUT2D eigenvalue weighted by Gasteiger charge is 2.18. The lowest BCUT2D eigenvalue weighted by Gasteiger charge is -2.14. The van der Waals surface area contributed by atoms with E-state index in [9.17, 15) is 4.79 Å². The molecule has 0 N–H and O–H groups in total. The van der Waals surface area contributed by atoms with Crippen molar-refractivity contribution in [2.75, 3.05) is 0 Å². The zero-order valence-corrected chi connectivity index (χ0v) is 13.3. The van der Waals surface area contributed by atoms with Gasteiger partial charge >= 0.3 is 5.97 Å². The zero-order chi connectivity index (χ0) is 15.2. The second-order valence-electron chi connectivity index (χ2n) is 5.23. The lowest BCUT2D eigenvalue weighted by atomic mass is 9.99. The number of hydrogen-bond acceptors (Lipinski definition) is 4. The molecule has 5 heteroatoms. The number of carbonyl (C=O) groups is 1. The van der Waals surface area contributed by atoms with E-state index >= 15 is 0 Å². The average molecular weight is 304 g/mol. The Morgan fingerprint density at radius 3 is 2.86 bits per heavy atom. The van der Waals surface area contributed by atoms with Gasteiger partial charge in [0.25, 0.3) is 0 Å². The Morgan fingerprint density at radius 1 is 1.38 bits per heavy atom. The molecule has 0 spiro atoms. The summed E-state index contributed by atoms with van der Waals surface area (Å²) >= 11 is 1.67. The van der Waals surface area contributed by atoms with Crippen LogP contribution in [0.15, 0.2) is 29.8 Å². The molecule has 0 unspecified atom stereocenters. The van der Waals surface area contributed by atoms with Crippen LogP contribution in [0.3, 0.4) is 0 Å². The van der Waals surface area contributed by atoms with Gasteiger partial charge in [0.1, 0.15) is 0 Å². The first kappa shape index (κ1) is 15.5. The number of thiophene rings is 1. The molecule has 2 heterocycles. The fourth-order valence-electron chi connectivity index (χ4n) is 1.67. The molecule has 0 amide bonds. The van der Waals surface area contributed by atoms with E-state index in [0.29, 0.717) is 0 Å². The molecular formula is C16H20N2O2S. The van der Waals surface area contributed by atoms with E-state index in [1.165, 1.54) is 4.88 Å². The first-order valence-electron chi connectivity index (χ1n) is 6.98. The second-order valence-corrected chi connectivity index (χ2v) is 6.21. The maximum Gasteiger partial charge on any atom is 0.310 e. The number of aromatic nitrogens is 2. The summed E-state index contributed by atoms with van der Waals surface area (Å²) in [6, 6.07) is 5.95. The number of esters is 1. The van der Waals surface area contributed by atoms with Gasteiger partial charge in [-0.1, -0.05) is 26.8 Å². The summed E-state index contributed by atoms with van der Waals surface area (Å²) in [6.07, 6.45) is 5.70. The highest BCUT2D eigenvalue weighted by molar-refractivity contribution is 7.10. The molecule has 2 aromatic heterocycles. The number of ether oxygens (including phenoxy) is 1. The van der Waals surface area contributed by atoms with Gasteiger partial charge in [0, 0.05) is 11.1 Å². The molecule has 1 atom stereocenters. The number of carbonyl (C=O) groups excluding carboxylic acids is 1. The molecule has 0 saturated carbocycles. The van der Waals surface area contributed by atoms with E-state index < -0.39 is 0 Å². The number of hydrogen-bond donors (Lipinski definition) is 0. The molecule has 0 bridgehead atoms. The maximum atomic E-state index is 11.9. The third-order valence-electron chi connectivity index (χ3n) is 3.41. The van der Waals surface area contributed by atoms with Crippen molar-refractivity contribution in [2.45, 2.75) is 27.5 Å². The van der Waals surface area contributed by atoms with Crippen molar-refractivity contribution in [1.82, 2.24) is 9.78 Å². The van der Waals surface area contributed by atoms with Gasteiger partial charge in [-0.25, -0.2) is 4.68 Å². The molecule has 4 nitrogen and oxygen atoms in total. The first-order valence-corrected chi connectivity index (χ1v) is 7.86. The lowest BCUT2D eigenvalue weighted by Crippen LogP contribution is -2.21. The second kappa shape index (κ2) is 7.22. The summed E-state index contributed by atoms with van der Waals surface area (Å²) in [5.74, 6) is -0.0207. The number of rotatable bonds is 6. The Hall–Kier alpha value is -1.88. The third kappa shape index (κ3) is 4.29. The van der Waals surface area contributed by atoms with Crippen LogP contribution in [0, 0.1) is 11.8 Å². The highest BCUT2D eigenvalue weighted by Crippen LogP contribution is 2.14. The van der Waals surface area contributed by atoms with E-state index in [0.717, 1.165) is 5.69 Å². The predicted molar refractivity (Wildman–Crippen MR) is 85.6 cm³/mol. The Bertz CT molecular complexity index is 600. The minimum Gasteiger partial charge on any atom is -0.442 e. The molecule has 0 aromatic carbocycles. The van der Waals surface area contributed by atoms with Gasteiger partial charge in [0.15, 0.2) is 6.73 Å². The van der Waals surface area contributed by atoms with E-state index in [1.54, 1.807) is 22.2 Å². The van der Waals surface area contributed by atoms with Crippen molar-refractivity contribution < 1.29 is 9.53 Å². The molecule has 112 valence electrons. The normalized spacial score (nSPS) is 13.0. The van der Waals surface area contributed by atoms with Crippen LogP contribution in [-0.2, 0) is 16.3 Å². The largest absolute Gasteiger partial charge is 0.442 e. The molecule has 0 aliphatic heterocycles. The average Bonchev–Trinajstić information content (AvgIpc) is 3.12. The van der Waals surface area contributed by atoms with Crippen LogP contribution >= 0.6 is 11.3 Å². The van der Waals surface area contributed by atoms with Gasteiger partial charge in [-0.3, -0.25) is 4.79 Å². The van der Waals surface area contributed by atoms with Crippen LogP contribution in [0.2, 0.25) is 0 Å². The monoisotopic (exact) mass is 304 g/mol. The minimum atomic E-state index is -0.186. The smallest absolute Gasteiger partial charge is 0.310 e. The van der Waals surface area contributed by atoms with Crippen molar-refractivity contribution in [2.24, 2.45) is 11.8 Å². The summed E-state index contributed by atoms with van der Waals surface area (Å²) < 4.78 is 6.99. The molecule has 21 heavy (non-hydrogen) atoms.